The van der Waals surface area contributed by atoms with Gasteiger partial charge in [-0.2, -0.15) is 0 Å². The fraction of sp³-hybridized carbons (Fsp3) is 0.278. The van der Waals surface area contributed by atoms with Gasteiger partial charge in [0.15, 0.2) is 6.10 Å². The summed E-state index contributed by atoms with van der Waals surface area (Å²) in [5.74, 6) is 0.544. The van der Waals surface area contributed by atoms with Crippen LogP contribution in [0.5, 0.6) is 5.75 Å². The average molecular weight is 318 g/mol. The second kappa shape index (κ2) is 7.85. The van der Waals surface area contributed by atoms with Crippen LogP contribution in [-0.4, -0.2) is 12.0 Å². The molecule has 2 aromatic carbocycles. The Bertz CT molecular complexity index is 628. The Hall–Kier alpha value is -2.00. The molecular formula is C18H20ClNO2. The first kappa shape index (κ1) is 16.4. The fourth-order valence-corrected chi connectivity index (χ4v) is 2.19. The Kier molecular flexibility index (Phi) is 5.84. The Morgan fingerprint density at radius 3 is 2.59 bits per heavy atom. The van der Waals surface area contributed by atoms with Crippen LogP contribution in [-0.2, 0) is 11.3 Å². The number of benzene rings is 2. The number of rotatable bonds is 6. The molecule has 0 heterocycles. The number of ether oxygens (including phenoxy) is 1. The van der Waals surface area contributed by atoms with Crippen LogP contribution in [0.4, 0.5) is 0 Å². The van der Waals surface area contributed by atoms with Crippen LogP contribution in [0.3, 0.4) is 0 Å². The third-order valence-electron chi connectivity index (χ3n) is 3.38. The van der Waals surface area contributed by atoms with Gasteiger partial charge in [-0.15, -0.1) is 0 Å². The first-order valence-corrected chi connectivity index (χ1v) is 7.72. The normalized spacial score (nSPS) is 11.8. The molecule has 22 heavy (non-hydrogen) atoms. The summed E-state index contributed by atoms with van der Waals surface area (Å²) in [7, 11) is 0. The zero-order chi connectivity index (χ0) is 15.9. The van der Waals surface area contributed by atoms with Crippen molar-refractivity contribution in [2.75, 3.05) is 0 Å². The molecular weight excluding hydrogens is 298 g/mol. The van der Waals surface area contributed by atoms with Crippen molar-refractivity contribution in [1.29, 1.82) is 0 Å². The number of nitrogens with one attached hydrogen (secondary N) is 1. The van der Waals surface area contributed by atoms with Crippen LogP contribution in [0.25, 0.3) is 0 Å². The monoisotopic (exact) mass is 317 g/mol. The Balaban J connectivity index is 1.95. The topological polar surface area (TPSA) is 38.3 Å². The number of hydrogen-bond donors (Lipinski definition) is 1. The maximum absolute atomic E-state index is 12.2. The predicted molar refractivity (Wildman–Crippen MR) is 89.2 cm³/mol. The lowest BCUT2D eigenvalue weighted by Crippen LogP contribution is -2.37. The fourth-order valence-electron chi connectivity index (χ4n) is 2.08. The molecule has 1 atom stereocenters. The standard InChI is InChI=1S/C18H20ClNO2/c1-3-17(22-15-9-10-16(19)13(2)11-15)18(21)20-12-14-7-5-4-6-8-14/h4-11,17H,3,12H2,1-2H3,(H,20,21). The van der Waals surface area contributed by atoms with Crippen LogP contribution in [0.1, 0.15) is 24.5 Å². The highest BCUT2D eigenvalue weighted by Gasteiger charge is 2.18. The SMILES string of the molecule is CCC(Oc1ccc(Cl)c(C)c1)C(=O)NCc1ccccc1. The van der Waals surface area contributed by atoms with Crippen LogP contribution < -0.4 is 10.1 Å². The number of carbonyl (C=O) groups excluding carboxylic acids is 1. The molecule has 0 saturated heterocycles. The average Bonchev–Trinajstić information content (AvgIpc) is 2.54. The van der Waals surface area contributed by atoms with Crippen molar-refractivity contribution in [2.45, 2.75) is 32.9 Å². The quantitative estimate of drug-likeness (QED) is 0.870. The van der Waals surface area contributed by atoms with E-state index in [1.54, 1.807) is 12.1 Å². The van der Waals surface area contributed by atoms with E-state index in [4.69, 9.17) is 16.3 Å². The molecule has 0 aliphatic carbocycles. The van der Waals surface area contributed by atoms with Crippen LogP contribution in [0.15, 0.2) is 48.5 Å². The number of aryl methyl sites for hydroxylation is 1. The molecule has 1 N–H and O–H groups in total. The van der Waals surface area contributed by atoms with E-state index in [1.165, 1.54) is 0 Å². The van der Waals surface area contributed by atoms with Gasteiger partial charge >= 0.3 is 0 Å². The zero-order valence-electron chi connectivity index (χ0n) is 12.8. The lowest BCUT2D eigenvalue weighted by atomic mass is 10.2. The van der Waals surface area contributed by atoms with Gasteiger partial charge in [-0.05, 0) is 42.7 Å². The molecule has 0 aliphatic heterocycles. The smallest absolute Gasteiger partial charge is 0.261 e. The Labute approximate surface area is 136 Å². The molecule has 0 radical (unpaired) electrons. The maximum atomic E-state index is 12.2. The first-order valence-electron chi connectivity index (χ1n) is 7.34. The van der Waals surface area contributed by atoms with Gasteiger partial charge in [0.2, 0.25) is 0 Å². The van der Waals surface area contributed by atoms with Gasteiger partial charge in [-0.3, -0.25) is 4.79 Å². The molecule has 3 nitrogen and oxygen atoms in total. The van der Waals surface area contributed by atoms with Gasteiger partial charge in [-0.1, -0.05) is 48.9 Å². The summed E-state index contributed by atoms with van der Waals surface area (Å²) >= 11 is 6.00. The number of halogens is 1. The summed E-state index contributed by atoms with van der Waals surface area (Å²) < 4.78 is 5.78. The van der Waals surface area contributed by atoms with Crippen molar-refractivity contribution in [3.8, 4) is 5.75 Å². The van der Waals surface area contributed by atoms with Crippen molar-refractivity contribution in [3.05, 3.63) is 64.7 Å². The van der Waals surface area contributed by atoms with E-state index in [9.17, 15) is 4.79 Å². The molecule has 2 aromatic rings. The first-order chi connectivity index (χ1) is 10.6. The Morgan fingerprint density at radius 2 is 1.95 bits per heavy atom. The summed E-state index contributed by atoms with van der Waals surface area (Å²) in [6, 6.07) is 15.2. The summed E-state index contributed by atoms with van der Waals surface area (Å²) in [5, 5.41) is 3.60. The van der Waals surface area contributed by atoms with E-state index in [-0.39, 0.29) is 5.91 Å². The number of carbonyl (C=O) groups is 1. The van der Waals surface area contributed by atoms with Crippen molar-refractivity contribution in [1.82, 2.24) is 5.32 Å². The molecule has 0 fully saturated rings. The van der Waals surface area contributed by atoms with E-state index >= 15 is 0 Å². The van der Waals surface area contributed by atoms with Crippen LogP contribution >= 0.6 is 11.6 Å². The minimum atomic E-state index is -0.510. The largest absolute Gasteiger partial charge is 0.481 e. The molecule has 2 rings (SSSR count). The second-order valence-corrected chi connectivity index (χ2v) is 5.54. The van der Waals surface area contributed by atoms with Gasteiger partial charge in [0.25, 0.3) is 5.91 Å². The molecule has 4 heteroatoms. The second-order valence-electron chi connectivity index (χ2n) is 5.13. The third-order valence-corrected chi connectivity index (χ3v) is 3.80. The summed E-state index contributed by atoms with van der Waals surface area (Å²) in [6.07, 6.45) is 0.0896. The third kappa shape index (κ3) is 4.50. The van der Waals surface area contributed by atoms with E-state index in [0.29, 0.717) is 23.7 Å². The highest BCUT2D eigenvalue weighted by molar-refractivity contribution is 6.31. The highest BCUT2D eigenvalue weighted by atomic mass is 35.5. The lowest BCUT2D eigenvalue weighted by Gasteiger charge is -2.18. The van der Waals surface area contributed by atoms with Gasteiger partial charge in [-0.25, -0.2) is 0 Å². The lowest BCUT2D eigenvalue weighted by molar-refractivity contribution is -0.128. The molecule has 0 saturated carbocycles. The molecule has 116 valence electrons. The maximum Gasteiger partial charge on any atom is 0.261 e. The van der Waals surface area contributed by atoms with Crippen molar-refractivity contribution in [3.63, 3.8) is 0 Å². The summed E-state index contributed by atoms with van der Waals surface area (Å²) in [5.41, 5.74) is 1.99. The molecule has 1 unspecified atom stereocenters. The number of hydrogen-bond acceptors (Lipinski definition) is 2. The highest BCUT2D eigenvalue weighted by Crippen LogP contribution is 2.22. The molecule has 0 bridgehead atoms. The Morgan fingerprint density at radius 1 is 1.23 bits per heavy atom. The minimum absolute atomic E-state index is 0.112. The van der Waals surface area contributed by atoms with E-state index in [2.05, 4.69) is 5.32 Å². The molecule has 1 amide bonds. The van der Waals surface area contributed by atoms with Crippen LogP contribution in [0, 0.1) is 6.92 Å². The number of amides is 1. The van der Waals surface area contributed by atoms with Crippen molar-refractivity contribution >= 4 is 17.5 Å². The minimum Gasteiger partial charge on any atom is -0.481 e. The van der Waals surface area contributed by atoms with Gasteiger partial charge in [0.05, 0.1) is 0 Å². The summed E-state index contributed by atoms with van der Waals surface area (Å²) in [4.78, 5) is 12.2. The van der Waals surface area contributed by atoms with Crippen molar-refractivity contribution < 1.29 is 9.53 Å². The molecule has 0 aromatic heterocycles. The van der Waals surface area contributed by atoms with E-state index < -0.39 is 6.10 Å². The van der Waals surface area contributed by atoms with Gasteiger partial charge in [0.1, 0.15) is 5.75 Å². The van der Waals surface area contributed by atoms with Crippen molar-refractivity contribution in [2.24, 2.45) is 0 Å². The summed E-state index contributed by atoms with van der Waals surface area (Å²) in [6.45, 7) is 4.33. The predicted octanol–water partition coefficient (Wildman–Crippen LogP) is 4.12. The van der Waals surface area contributed by atoms with E-state index in [1.807, 2.05) is 50.2 Å². The van der Waals surface area contributed by atoms with Gasteiger partial charge in [0, 0.05) is 11.6 Å². The zero-order valence-corrected chi connectivity index (χ0v) is 13.6. The van der Waals surface area contributed by atoms with Crippen LogP contribution in [0.2, 0.25) is 5.02 Å². The van der Waals surface area contributed by atoms with Gasteiger partial charge < -0.3 is 10.1 Å². The molecule has 0 aliphatic rings. The van der Waals surface area contributed by atoms with E-state index in [0.717, 1.165) is 11.1 Å². The molecule has 0 spiro atoms.